The number of nitrogens with one attached hydrogen (secondary N) is 1. The summed E-state index contributed by atoms with van der Waals surface area (Å²) in [7, 11) is 0. The third-order valence-electron chi connectivity index (χ3n) is 4.45. The molecule has 0 saturated carbocycles. The predicted octanol–water partition coefficient (Wildman–Crippen LogP) is 2.40. The Hall–Kier alpha value is -2.71. The van der Waals surface area contributed by atoms with E-state index in [2.05, 4.69) is 20.4 Å². The molecule has 0 spiro atoms. The maximum Gasteiger partial charge on any atom is 0.268 e. The maximum atomic E-state index is 12.6. The van der Waals surface area contributed by atoms with Crippen molar-refractivity contribution in [1.82, 2.24) is 20.1 Å². The molecular formula is C19H21N5O2S. The van der Waals surface area contributed by atoms with Gasteiger partial charge in [-0.1, -0.05) is 41.2 Å². The summed E-state index contributed by atoms with van der Waals surface area (Å²) < 4.78 is 7.16. The molecule has 0 bridgehead atoms. The van der Waals surface area contributed by atoms with Crippen LogP contribution in [0.4, 0.5) is 5.13 Å². The van der Waals surface area contributed by atoms with Crippen molar-refractivity contribution >= 4 is 22.4 Å². The van der Waals surface area contributed by atoms with Crippen LogP contribution < -0.4 is 10.2 Å². The average molecular weight is 383 g/mol. The van der Waals surface area contributed by atoms with E-state index >= 15 is 0 Å². The lowest BCUT2D eigenvalue weighted by atomic mass is 10.1. The quantitative estimate of drug-likeness (QED) is 0.733. The topological polar surface area (TPSA) is 72.3 Å². The number of carbonyl (C=O) groups is 1. The number of rotatable bonds is 5. The first-order valence-electron chi connectivity index (χ1n) is 8.88. The van der Waals surface area contributed by atoms with E-state index < -0.39 is 0 Å². The van der Waals surface area contributed by atoms with E-state index in [4.69, 9.17) is 4.74 Å². The molecule has 1 saturated heterocycles. The van der Waals surface area contributed by atoms with Crippen molar-refractivity contribution in [2.24, 2.45) is 0 Å². The van der Waals surface area contributed by atoms with Gasteiger partial charge in [0.25, 0.3) is 5.91 Å². The smallest absolute Gasteiger partial charge is 0.268 e. The van der Waals surface area contributed by atoms with E-state index in [1.165, 1.54) is 16.9 Å². The minimum absolute atomic E-state index is 0.135. The zero-order chi connectivity index (χ0) is 18.6. The van der Waals surface area contributed by atoms with Crippen molar-refractivity contribution in [3.63, 3.8) is 0 Å². The zero-order valence-electron chi connectivity index (χ0n) is 15.1. The minimum atomic E-state index is -0.135. The second-order valence-corrected chi connectivity index (χ2v) is 7.33. The Morgan fingerprint density at radius 2 is 1.89 bits per heavy atom. The normalized spacial score (nSPS) is 14.3. The van der Waals surface area contributed by atoms with Crippen molar-refractivity contribution in [3.8, 4) is 5.13 Å². The highest BCUT2D eigenvalue weighted by molar-refractivity contribution is 7.17. The fraction of sp³-hybridized carbons (Fsp3) is 0.316. The molecule has 4 rings (SSSR count). The molecule has 1 fully saturated rings. The highest BCUT2D eigenvalue weighted by atomic mass is 32.1. The Labute approximate surface area is 161 Å². The molecule has 140 valence electrons. The number of benzene rings is 1. The summed E-state index contributed by atoms with van der Waals surface area (Å²) in [4.78, 5) is 14.8. The minimum Gasteiger partial charge on any atom is -0.378 e. The lowest BCUT2D eigenvalue weighted by molar-refractivity contribution is 0.0944. The summed E-state index contributed by atoms with van der Waals surface area (Å²) in [6, 6.07) is 11.8. The molecular weight excluding hydrogens is 362 g/mol. The van der Waals surface area contributed by atoms with Gasteiger partial charge in [0.2, 0.25) is 10.3 Å². The summed E-state index contributed by atoms with van der Waals surface area (Å²) in [5.41, 5.74) is 2.82. The number of hydrogen-bond acceptors (Lipinski definition) is 6. The number of anilines is 1. The number of carbonyl (C=O) groups excluding carboxylic acids is 1. The van der Waals surface area contributed by atoms with Crippen LogP contribution in [-0.2, 0) is 11.3 Å². The van der Waals surface area contributed by atoms with Gasteiger partial charge in [0, 0.05) is 25.8 Å². The third-order valence-corrected chi connectivity index (χ3v) is 5.43. The molecule has 0 unspecified atom stereocenters. The number of nitrogens with zero attached hydrogens (tertiary/aromatic N) is 4. The fourth-order valence-corrected chi connectivity index (χ4v) is 3.80. The van der Waals surface area contributed by atoms with Crippen molar-refractivity contribution in [2.75, 3.05) is 31.2 Å². The van der Waals surface area contributed by atoms with Crippen LogP contribution in [0.15, 0.2) is 42.6 Å². The first-order valence-corrected chi connectivity index (χ1v) is 9.70. The summed E-state index contributed by atoms with van der Waals surface area (Å²) in [6.45, 7) is 5.55. The van der Waals surface area contributed by atoms with Crippen LogP contribution >= 0.6 is 11.3 Å². The molecule has 7 nitrogen and oxygen atoms in total. The lowest BCUT2D eigenvalue weighted by Gasteiger charge is -2.25. The van der Waals surface area contributed by atoms with Crippen LogP contribution in [0.5, 0.6) is 0 Å². The van der Waals surface area contributed by atoms with Gasteiger partial charge in [0.05, 0.1) is 13.2 Å². The molecule has 2 aromatic heterocycles. The van der Waals surface area contributed by atoms with Gasteiger partial charge >= 0.3 is 0 Å². The molecule has 0 aliphatic carbocycles. The number of aromatic nitrogens is 3. The molecule has 27 heavy (non-hydrogen) atoms. The van der Waals surface area contributed by atoms with Crippen LogP contribution in [0.1, 0.15) is 21.6 Å². The second kappa shape index (κ2) is 7.89. The Kier molecular flexibility index (Phi) is 5.17. The maximum absolute atomic E-state index is 12.6. The van der Waals surface area contributed by atoms with Crippen LogP contribution in [0.3, 0.4) is 0 Å². The van der Waals surface area contributed by atoms with Crippen molar-refractivity contribution < 1.29 is 9.53 Å². The fourth-order valence-electron chi connectivity index (χ4n) is 2.90. The molecule has 1 aliphatic rings. The molecule has 1 amide bonds. The van der Waals surface area contributed by atoms with Gasteiger partial charge < -0.3 is 15.0 Å². The van der Waals surface area contributed by atoms with Gasteiger partial charge in [0.15, 0.2) is 0 Å². The lowest BCUT2D eigenvalue weighted by Crippen LogP contribution is -2.36. The Morgan fingerprint density at radius 3 is 2.67 bits per heavy atom. The number of morpholine rings is 1. The van der Waals surface area contributed by atoms with Crippen molar-refractivity contribution in [1.29, 1.82) is 0 Å². The Balaban J connectivity index is 1.46. The third kappa shape index (κ3) is 4.01. The highest BCUT2D eigenvalue weighted by Crippen LogP contribution is 2.25. The first-order chi connectivity index (χ1) is 13.2. The molecule has 3 heterocycles. The van der Waals surface area contributed by atoms with Crippen LogP contribution in [0.25, 0.3) is 5.13 Å². The van der Waals surface area contributed by atoms with Gasteiger partial charge in [0.1, 0.15) is 5.69 Å². The number of amides is 1. The molecule has 1 aromatic carbocycles. The Morgan fingerprint density at radius 1 is 1.15 bits per heavy atom. The highest BCUT2D eigenvalue weighted by Gasteiger charge is 2.19. The van der Waals surface area contributed by atoms with Crippen LogP contribution in [-0.4, -0.2) is 47.0 Å². The average Bonchev–Trinajstić information content (AvgIpc) is 3.37. The molecule has 8 heteroatoms. The van der Waals surface area contributed by atoms with Crippen LogP contribution in [0.2, 0.25) is 0 Å². The van der Waals surface area contributed by atoms with E-state index in [-0.39, 0.29) is 5.91 Å². The standard InChI is InChI=1S/C19H21N5O2S/c1-14-4-6-15(7-5-14)13-20-17(25)16-3-2-8-24(16)19-22-21-18(27-19)23-9-11-26-12-10-23/h2-8H,9-13H2,1H3,(H,20,25). The van der Waals surface area contributed by atoms with Gasteiger partial charge in [-0.3, -0.25) is 9.36 Å². The van der Waals surface area contributed by atoms with Crippen molar-refractivity contribution in [2.45, 2.75) is 13.5 Å². The number of aryl methyl sites for hydroxylation is 1. The van der Waals surface area contributed by atoms with E-state index in [1.54, 1.807) is 10.6 Å². The molecule has 0 atom stereocenters. The molecule has 1 aliphatic heterocycles. The van der Waals surface area contributed by atoms with Crippen LogP contribution in [0, 0.1) is 6.92 Å². The SMILES string of the molecule is Cc1ccc(CNC(=O)c2cccn2-c2nnc(N3CCOCC3)s2)cc1. The second-order valence-electron chi connectivity index (χ2n) is 6.40. The summed E-state index contributed by atoms with van der Waals surface area (Å²) in [6.07, 6.45) is 1.84. The largest absolute Gasteiger partial charge is 0.378 e. The molecule has 0 radical (unpaired) electrons. The first kappa shape index (κ1) is 17.7. The zero-order valence-corrected chi connectivity index (χ0v) is 15.9. The van der Waals surface area contributed by atoms with Crippen molar-refractivity contribution in [3.05, 3.63) is 59.4 Å². The van der Waals surface area contributed by atoms with Gasteiger partial charge in [-0.2, -0.15) is 0 Å². The van der Waals surface area contributed by atoms with Gasteiger partial charge in [-0.05, 0) is 24.6 Å². The summed E-state index contributed by atoms with van der Waals surface area (Å²) in [5, 5.41) is 13.1. The summed E-state index contributed by atoms with van der Waals surface area (Å²) in [5.74, 6) is -0.135. The van der Waals surface area contributed by atoms with Gasteiger partial charge in [-0.15, -0.1) is 10.2 Å². The van der Waals surface area contributed by atoms with E-state index in [9.17, 15) is 4.79 Å². The Bertz CT molecular complexity index is 912. The molecule has 1 N–H and O–H groups in total. The predicted molar refractivity (Wildman–Crippen MR) is 105 cm³/mol. The number of hydrogen-bond donors (Lipinski definition) is 1. The van der Waals surface area contributed by atoms with E-state index in [1.807, 2.05) is 43.5 Å². The molecule has 3 aromatic rings. The summed E-state index contributed by atoms with van der Waals surface area (Å²) >= 11 is 1.48. The van der Waals surface area contributed by atoms with E-state index in [0.717, 1.165) is 23.8 Å². The monoisotopic (exact) mass is 383 g/mol. The van der Waals surface area contributed by atoms with E-state index in [0.29, 0.717) is 30.6 Å². The number of ether oxygens (including phenoxy) is 1. The van der Waals surface area contributed by atoms with Gasteiger partial charge in [-0.25, -0.2) is 0 Å².